The highest BCUT2D eigenvalue weighted by atomic mass is 19.1. The van der Waals surface area contributed by atoms with Gasteiger partial charge in [-0.15, -0.1) is 0 Å². The highest BCUT2D eigenvalue weighted by Crippen LogP contribution is 2.36. The molecule has 0 saturated heterocycles. The van der Waals surface area contributed by atoms with Crippen molar-refractivity contribution < 1.29 is 9.50 Å². The zero-order valence-corrected chi connectivity index (χ0v) is 14.0. The summed E-state index contributed by atoms with van der Waals surface area (Å²) in [6.07, 6.45) is 1.27. The van der Waals surface area contributed by atoms with Gasteiger partial charge in [0.1, 0.15) is 6.23 Å². The molecule has 0 saturated carbocycles. The summed E-state index contributed by atoms with van der Waals surface area (Å²) >= 11 is 0. The van der Waals surface area contributed by atoms with Gasteiger partial charge >= 0.3 is 0 Å². The fraction of sp³-hybridized carbons (Fsp3) is 0.333. The number of aromatic nitrogens is 1. The average molecular weight is 328 g/mol. The Hall–Kier alpha value is -2.47. The molecule has 2 unspecified atom stereocenters. The first kappa shape index (κ1) is 16.4. The lowest BCUT2D eigenvalue weighted by molar-refractivity contribution is 0.0292. The Morgan fingerprint density at radius 3 is 2.75 bits per heavy atom. The fourth-order valence-corrected chi connectivity index (χ4v) is 2.95. The number of halogens is 1. The normalized spacial score (nSPS) is 24.0. The lowest BCUT2D eigenvalue weighted by Crippen LogP contribution is -2.50. The summed E-state index contributed by atoms with van der Waals surface area (Å²) in [4.78, 5) is 9.91. The molecule has 0 fully saturated rings. The quantitative estimate of drug-likeness (QED) is 0.830. The highest BCUT2D eigenvalue weighted by molar-refractivity contribution is 5.79. The van der Waals surface area contributed by atoms with Gasteiger partial charge in [0.25, 0.3) is 0 Å². The second kappa shape index (κ2) is 5.87. The maximum Gasteiger partial charge on any atom is 0.215 e. The van der Waals surface area contributed by atoms with Crippen LogP contribution in [0.3, 0.4) is 0 Å². The van der Waals surface area contributed by atoms with E-state index in [-0.39, 0.29) is 0 Å². The van der Waals surface area contributed by atoms with Crippen LogP contribution in [0.5, 0.6) is 0 Å². The van der Waals surface area contributed by atoms with E-state index >= 15 is 0 Å². The number of benzene rings is 1. The molecular weight excluding hydrogens is 307 g/mol. The molecule has 24 heavy (non-hydrogen) atoms. The van der Waals surface area contributed by atoms with Gasteiger partial charge in [0.05, 0.1) is 5.54 Å². The van der Waals surface area contributed by atoms with Gasteiger partial charge in [-0.3, -0.25) is 0 Å². The molecule has 3 rings (SSSR count). The Balaban J connectivity index is 2.03. The second-order valence-corrected chi connectivity index (χ2v) is 6.45. The lowest BCUT2D eigenvalue weighted by atomic mass is 9.85. The number of nitrogens with zero attached hydrogens (tertiary/aromatic N) is 3. The van der Waals surface area contributed by atoms with E-state index in [1.807, 2.05) is 31.2 Å². The molecule has 1 aliphatic heterocycles. The first-order valence-corrected chi connectivity index (χ1v) is 7.79. The van der Waals surface area contributed by atoms with E-state index in [2.05, 4.69) is 9.98 Å². The van der Waals surface area contributed by atoms with Crippen LogP contribution in [0.4, 0.5) is 4.39 Å². The van der Waals surface area contributed by atoms with Gasteiger partial charge in [-0.25, -0.2) is 9.98 Å². The molecule has 2 aromatic rings. The third-order valence-electron chi connectivity index (χ3n) is 4.58. The van der Waals surface area contributed by atoms with Crippen LogP contribution in [0.25, 0.3) is 11.1 Å². The van der Waals surface area contributed by atoms with Gasteiger partial charge in [0, 0.05) is 30.8 Å². The number of pyridine rings is 1. The number of aliphatic hydroxyl groups is 1. The predicted molar refractivity (Wildman–Crippen MR) is 91.7 cm³/mol. The first-order valence-electron chi connectivity index (χ1n) is 7.79. The summed E-state index contributed by atoms with van der Waals surface area (Å²) in [5, 5.41) is 10.2. The number of aryl methyl sites for hydroxylation is 1. The van der Waals surface area contributed by atoms with E-state index < -0.39 is 17.7 Å². The zero-order valence-electron chi connectivity index (χ0n) is 14.0. The summed E-state index contributed by atoms with van der Waals surface area (Å²) in [6, 6.07) is 9.58. The molecule has 5 nitrogen and oxygen atoms in total. The molecule has 2 heterocycles. The number of aliphatic imine (C=N–C) groups is 1. The number of hydrogen-bond donors (Lipinski definition) is 2. The Morgan fingerprint density at radius 2 is 2.08 bits per heavy atom. The van der Waals surface area contributed by atoms with Crippen LogP contribution in [-0.4, -0.2) is 34.2 Å². The van der Waals surface area contributed by atoms with Gasteiger partial charge in [0.15, 0.2) is 5.96 Å². The topological polar surface area (TPSA) is 74.7 Å². The van der Waals surface area contributed by atoms with Crippen molar-refractivity contribution in [2.24, 2.45) is 10.7 Å². The van der Waals surface area contributed by atoms with Crippen molar-refractivity contribution >= 4 is 5.96 Å². The minimum absolute atomic E-state index is 0.306. The van der Waals surface area contributed by atoms with E-state index in [1.54, 1.807) is 24.9 Å². The predicted octanol–water partition coefficient (Wildman–Crippen LogP) is 2.38. The molecule has 0 spiro atoms. The summed E-state index contributed by atoms with van der Waals surface area (Å²) < 4.78 is 13.4. The summed E-state index contributed by atoms with van der Waals surface area (Å²) in [5.41, 5.74) is 8.52. The number of guanidine groups is 1. The van der Waals surface area contributed by atoms with Crippen molar-refractivity contribution in [1.82, 2.24) is 9.88 Å². The minimum Gasteiger partial charge on any atom is -0.373 e. The zero-order chi connectivity index (χ0) is 17.5. The molecule has 126 valence electrons. The van der Waals surface area contributed by atoms with Gasteiger partial charge in [-0.1, -0.05) is 18.2 Å². The van der Waals surface area contributed by atoms with Gasteiger partial charge in [-0.2, -0.15) is 4.39 Å². The van der Waals surface area contributed by atoms with Crippen LogP contribution in [0.15, 0.2) is 41.5 Å². The monoisotopic (exact) mass is 328 g/mol. The molecule has 0 aliphatic carbocycles. The van der Waals surface area contributed by atoms with Gasteiger partial charge in [-0.05, 0) is 37.1 Å². The van der Waals surface area contributed by atoms with Crippen LogP contribution in [0, 0.1) is 12.9 Å². The summed E-state index contributed by atoms with van der Waals surface area (Å²) in [6.45, 7) is 3.64. The van der Waals surface area contributed by atoms with Crippen LogP contribution in [-0.2, 0) is 5.54 Å². The molecule has 3 N–H and O–H groups in total. The van der Waals surface area contributed by atoms with Crippen molar-refractivity contribution in [2.75, 3.05) is 7.05 Å². The number of aliphatic hydroxyl groups excluding tert-OH is 1. The molecule has 1 aromatic carbocycles. The Kier molecular flexibility index (Phi) is 4.01. The first-order chi connectivity index (χ1) is 11.3. The Morgan fingerprint density at radius 1 is 1.33 bits per heavy atom. The largest absolute Gasteiger partial charge is 0.373 e. The molecule has 2 atom stereocenters. The smallest absolute Gasteiger partial charge is 0.215 e. The fourth-order valence-electron chi connectivity index (χ4n) is 2.95. The number of nitrogens with two attached hydrogens (primary N) is 1. The van der Waals surface area contributed by atoms with Crippen LogP contribution in [0.1, 0.15) is 24.5 Å². The number of rotatable bonds is 2. The molecular formula is C18H21FN4O. The SMILES string of the molecule is Cc1cc(-c2cccc(C3(C)CC(O)N(C)C(N)=N3)c2)cnc1F. The summed E-state index contributed by atoms with van der Waals surface area (Å²) in [7, 11) is 1.71. The highest BCUT2D eigenvalue weighted by Gasteiger charge is 2.36. The van der Waals surface area contributed by atoms with E-state index in [4.69, 9.17) is 5.73 Å². The molecule has 0 bridgehead atoms. The lowest BCUT2D eigenvalue weighted by Gasteiger charge is -2.38. The number of hydrogen-bond acceptors (Lipinski definition) is 5. The van der Waals surface area contributed by atoms with E-state index in [0.29, 0.717) is 17.9 Å². The average Bonchev–Trinajstić information content (AvgIpc) is 2.55. The Bertz CT molecular complexity index is 807. The van der Waals surface area contributed by atoms with Crippen LogP contribution >= 0.6 is 0 Å². The van der Waals surface area contributed by atoms with E-state index in [1.165, 1.54) is 6.20 Å². The van der Waals surface area contributed by atoms with Crippen molar-refractivity contribution in [2.45, 2.75) is 32.0 Å². The standard InChI is InChI=1S/C18H21FN4O/c1-11-7-13(10-21-16(11)19)12-5-4-6-14(8-12)18(2)9-15(24)23(3)17(20)22-18/h4-8,10,15,24H,9H2,1-3H3,(H2,20,22). The van der Waals surface area contributed by atoms with Crippen molar-refractivity contribution in [3.63, 3.8) is 0 Å². The van der Waals surface area contributed by atoms with E-state index in [9.17, 15) is 9.50 Å². The molecule has 1 aromatic heterocycles. The van der Waals surface area contributed by atoms with Crippen molar-refractivity contribution in [3.8, 4) is 11.1 Å². The molecule has 1 aliphatic rings. The third kappa shape index (κ3) is 2.85. The second-order valence-electron chi connectivity index (χ2n) is 6.45. The van der Waals surface area contributed by atoms with Gasteiger partial charge < -0.3 is 15.7 Å². The maximum absolute atomic E-state index is 13.4. The summed E-state index contributed by atoms with van der Waals surface area (Å²) in [5.74, 6) is -0.154. The van der Waals surface area contributed by atoms with Crippen LogP contribution in [0.2, 0.25) is 0 Å². The van der Waals surface area contributed by atoms with E-state index in [0.717, 1.165) is 16.7 Å². The minimum atomic E-state index is -0.689. The maximum atomic E-state index is 13.4. The van der Waals surface area contributed by atoms with Crippen molar-refractivity contribution in [1.29, 1.82) is 0 Å². The van der Waals surface area contributed by atoms with Crippen molar-refractivity contribution in [3.05, 3.63) is 53.6 Å². The molecule has 0 radical (unpaired) electrons. The molecule has 0 amide bonds. The Labute approximate surface area is 140 Å². The van der Waals surface area contributed by atoms with Crippen LogP contribution < -0.4 is 5.73 Å². The molecule has 6 heteroatoms. The van der Waals surface area contributed by atoms with Gasteiger partial charge in [0.2, 0.25) is 5.95 Å². The third-order valence-corrected chi connectivity index (χ3v) is 4.58.